The first-order valence-corrected chi connectivity index (χ1v) is 25.7. The molecule has 0 bridgehead atoms. The van der Waals surface area contributed by atoms with Crippen molar-refractivity contribution in [3.63, 3.8) is 0 Å². The van der Waals surface area contributed by atoms with Crippen LogP contribution in [0.2, 0.25) is 0 Å². The van der Waals surface area contributed by atoms with Crippen LogP contribution >= 0.6 is 21.8 Å². The highest BCUT2D eigenvalue weighted by Gasteiger charge is 2.30. The Bertz CT molecular complexity index is 2280. The number of thiol groups is 2. The van der Waals surface area contributed by atoms with E-state index >= 15 is 0 Å². The Kier molecular flexibility index (Phi) is 11.9. The summed E-state index contributed by atoms with van der Waals surface area (Å²) in [6.45, 7) is 0. The number of rotatable bonds is 11. The molecule has 0 heterocycles. The maximum absolute atomic E-state index is 13.6. The second-order valence-electron chi connectivity index (χ2n) is 15.0. The van der Waals surface area contributed by atoms with Gasteiger partial charge in [-0.2, -0.15) is 21.8 Å². The molecule has 290 valence electrons. The zero-order valence-corrected chi connectivity index (χ0v) is 35.0. The van der Waals surface area contributed by atoms with Gasteiger partial charge in [-0.3, -0.25) is 0 Å². The van der Waals surface area contributed by atoms with Gasteiger partial charge in [0, 0.05) is 0 Å². The van der Waals surface area contributed by atoms with E-state index in [9.17, 15) is 16.8 Å². The first-order chi connectivity index (χ1) is 27.3. The Morgan fingerprint density at radius 3 is 1.02 bits per heavy atom. The third-order valence-electron chi connectivity index (χ3n) is 11.4. The van der Waals surface area contributed by atoms with Crippen molar-refractivity contribution < 1.29 is 16.8 Å². The van der Waals surface area contributed by atoms with E-state index in [0.29, 0.717) is 9.79 Å². The molecule has 56 heavy (non-hydrogen) atoms. The van der Waals surface area contributed by atoms with Gasteiger partial charge >= 0.3 is 0 Å². The average Bonchev–Trinajstić information content (AvgIpc) is 3.26. The summed E-state index contributed by atoms with van der Waals surface area (Å²) in [6, 6.07) is 54.0. The minimum atomic E-state index is -3.36. The molecule has 2 aliphatic carbocycles. The van der Waals surface area contributed by atoms with Crippen LogP contribution in [0.4, 0.5) is 0 Å². The van der Waals surface area contributed by atoms with E-state index in [2.05, 4.69) is 97.1 Å². The standard InChI is InChI=1S/C48H50O4S4/c49-55(50,45-23-9-3-10-24-45)47-31-27-41(28-32-47)53(39-17-5-1-6-18-39)43-21-13-15-37(35-43)38-16-14-22-44(36-38)54(40-19-7-2-8-20-40)42-29-33-48(34-30-42)56(51,52)46-25-11-4-12-26-46/h1-2,5-8,13-22,27-36,45-46,53-54H,3-4,9-12,23-26H2. The number of sulfone groups is 2. The number of benzene rings is 6. The van der Waals surface area contributed by atoms with Crippen molar-refractivity contribution >= 4 is 41.5 Å². The molecular weight excluding hydrogens is 769 g/mol. The third kappa shape index (κ3) is 8.31. The van der Waals surface area contributed by atoms with E-state index in [1.54, 1.807) is 0 Å². The lowest BCUT2D eigenvalue weighted by Gasteiger charge is -2.26. The highest BCUT2D eigenvalue weighted by molar-refractivity contribution is 8.17. The molecule has 4 nitrogen and oxygen atoms in total. The van der Waals surface area contributed by atoms with Crippen molar-refractivity contribution in [1.29, 1.82) is 0 Å². The molecule has 0 aromatic heterocycles. The van der Waals surface area contributed by atoms with Gasteiger partial charge in [-0.15, -0.1) is 0 Å². The Morgan fingerprint density at radius 1 is 0.339 bits per heavy atom. The van der Waals surface area contributed by atoms with E-state index in [-0.39, 0.29) is 10.5 Å². The smallest absolute Gasteiger partial charge is 0.181 e. The van der Waals surface area contributed by atoms with Crippen molar-refractivity contribution in [3.05, 3.63) is 158 Å². The second-order valence-corrected chi connectivity index (χ2v) is 23.9. The molecule has 2 unspecified atom stereocenters. The van der Waals surface area contributed by atoms with Crippen molar-refractivity contribution in [3.8, 4) is 11.1 Å². The molecule has 0 aliphatic heterocycles. The van der Waals surface area contributed by atoms with Gasteiger partial charge in [-0.1, -0.05) is 99.2 Å². The highest BCUT2D eigenvalue weighted by Crippen LogP contribution is 2.54. The lowest BCUT2D eigenvalue weighted by Crippen LogP contribution is -2.24. The lowest BCUT2D eigenvalue weighted by atomic mass is 10.0. The van der Waals surface area contributed by atoms with Crippen molar-refractivity contribution in [1.82, 2.24) is 0 Å². The molecule has 0 radical (unpaired) electrons. The zero-order chi connectivity index (χ0) is 38.5. The summed E-state index contributed by atoms with van der Waals surface area (Å²) < 4.78 is 54.3. The van der Waals surface area contributed by atoms with Gasteiger partial charge in [0.05, 0.1) is 20.3 Å². The summed E-state index contributed by atoms with van der Waals surface area (Å²) in [5, 5.41) is -0.565. The fourth-order valence-corrected chi connectivity index (χ4v) is 16.7. The van der Waals surface area contributed by atoms with Crippen LogP contribution in [0.15, 0.2) is 197 Å². The summed E-state index contributed by atoms with van der Waals surface area (Å²) in [7, 11) is -8.65. The third-order valence-corrected chi connectivity index (χ3v) is 20.8. The summed E-state index contributed by atoms with van der Waals surface area (Å²) >= 11 is 0. The van der Waals surface area contributed by atoms with E-state index in [1.165, 1.54) is 19.6 Å². The van der Waals surface area contributed by atoms with Crippen molar-refractivity contribution in [2.45, 2.75) is 114 Å². The Morgan fingerprint density at radius 2 is 0.661 bits per heavy atom. The van der Waals surface area contributed by atoms with E-state index < -0.39 is 41.5 Å². The zero-order valence-electron chi connectivity index (χ0n) is 31.6. The minimum absolute atomic E-state index is 0.283. The summed E-state index contributed by atoms with van der Waals surface area (Å²) in [4.78, 5) is 7.88. The summed E-state index contributed by atoms with van der Waals surface area (Å²) in [5.41, 5.74) is 2.22. The second kappa shape index (κ2) is 17.2. The molecule has 8 rings (SSSR count). The Balaban J connectivity index is 1.13. The Hall–Kier alpha value is -4.08. The molecule has 0 saturated heterocycles. The topological polar surface area (TPSA) is 68.3 Å². The predicted molar refractivity (Wildman–Crippen MR) is 233 cm³/mol. The van der Waals surface area contributed by atoms with Crippen LogP contribution in [0.3, 0.4) is 0 Å². The van der Waals surface area contributed by atoms with Crippen LogP contribution in [0.1, 0.15) is 64.2 Å². The van der Waals surface area contributed by atoms with Crippen molar-refractivity contribution in [2.75, 3.05) is 0 Å². The fraction of sp³-hybridized carbons (Fsp3) is 0.250. The quantitative estimate of drug-likeness (QED) is 0.128. The SMILES string of the molecule is O=S(=O)(c1ccc([SH](c2ccccc2)c2cccc(-c3cccc([SH](c4ccccc4)c4ccc(S(=O)(=O)C5CCCCC5)cc4)c3)c2)cc1)C1CCCCC1. The molecule has 0 spiro atoms. The largest absolute Gasteiger partial charge is 0.223 e. The van der Waals surface area contributed by atoms with Gasteiger partial charge in [0.2, 0.25) is 0 Å². The first kappa shape index (κ1) is 38.8. The van der Waals surface area contributed by atoms with Crippen LogP contribution in [-0.4, -0.2) is 27.3 Å². The van der Waals surface area contributed by atoms with E-state index in [0.717, 1.165) is 85.1 Å². The minimum Gasteiger partial charge on any atom is -0.223 e. The molecule has 2 fully saturated rings. The molecule has 2 aliphatic rings. The lowest BCUT2D eigenvalue weighted by molar-refractivity contribution is 0.483. The molecule has 6 aromatic carbocycles. The summed E-state index contributed by atoms with van der Waals surface area (Å²) in [6.07, 6.45) is 9.15. The summed E-state index contributed by atoms with van der Waals surface area (Å²) in [5.74, 6) is 0. The van der Waals surface area contributed by atoms with Crippen LogP contribution in [0, 0.1) is 0 Å². The first-order valence-electron chi connectivity index (χ1n) is 19.9. The molecule has 2 atom stereocenters. The number of hydrogen-bond donors (Lipinski definition) is 2. The molecule has 6 aromatic rings. The van der Waals surface area contributed by atoms with Gasteiger partial charge in [-0.05, 0) is 163 Å². The molecule has 2 saturated carbocycles. The van der Waals surface area contributed by atoms with Gasteiger partial charge in [-0.25, -0.2) is 16.8 Å². The monoisotopic (exact) mass is 818 g/mol. The maximum Gasteiger partial charge on any atom is 0.181 e. The normalized spacial score (nSPS) is 17.6. The average molecular weight is 819 g/mol. The van der Waals surface area contributed by atoms with Gasteiger partial charge in [0.15, 0.2) is 19.7 Å². The van der Waals surface area contributed by atoms with Crippen LogP contribution in [0.5, 0.6) is 0 Å². The van der Waals surface area contributed by atoms with Crippen molar-refractivity contribution in [2.24, 2.45) is 0 Å². The van der Waals surface area contributed by atoms with Gasteiger partial charge in [0.25, 0.3) is 0 Å². The molecule has 0 amide bonds. The van der Waals surface area contributed by atoms with E-state index in [1.807, 2.05) is 60.7 Å². The molecule has 0 N–H and O–H groups in total. The highest BCUT2D eigenvalue weighted by atomic mass is 32.2. The molecule has 8 heteroatoms. The number of hydrogen-bond acceptors (Lipinski definition) is 4. The predicted octanol–water partition coefficient (Wildman–Crippen LogP) is 12.5. The van der Waals surface area contributed by atoms with Crippen LogP contribution in [-0.2, 0) is 19.7 Å². The molecular formula is C48H50O4S4. The van der Waals surface area contributed by atoms with Crippen LogP contribution < -0.4 is 0 Å². The van der Waals surface area contributed by atoms with Gasteiger partial charge < -0.3 is 0 Å². The van der Waals surface area contributed by atoms with Gasteiger partial charge in [0.1, 0.15) is 0 Å². The van der Waals surface area contributed by atoms with Crippen LogP contribution in [0.25, 0.3) is 11.1 Å². The Labute approximate surface area is 339 Å². The fourth-order valence-electron chi connectivity index (χ4n) is 8.40. The maximum atomic E-state index is 13.6. The van der Waals surface area contributed by atoms with E-state index in [4.69, 9.17) is 0 Å².